The fraction of sp³-hybridized carbons (Fsp3) is 0.267. The summed E-state index contributed by atoms with van der Waals surface area (Å²) in [6, 6.07) is 11.8. The molecule has 2 aromatic rings. The summed E-state index contributed by atoms with van der Waals surface area (Å²) < 4.78 is 5.68. The van der Waals surface area contributed by atoms with E-state index in [1.165, 1.54) is 11.8 Å². The Hall–Kier alpha value is -1.30. The summed E-state index contributed by atoms with van der Waals surface area (Å²) in [5, 5.41) is 0. The number of halogens is 2. The fourth-order valence-corrected chi connectivity index (χ4v) is 2.99. The van der Waals surface area contributed by atoms with Crippen LogP contribution in [0.15, 0.2) is 51.7 Å². The molecule has 2 atom stereocenters. The molecular formula is C15H16BrClN2O2. The van der Waals surface area contributed by atoms with Crippen LogP contribution in [-0.4, -0.2) is 29.9 Å². The van der Waals surface area contributed by atoms with Crippen LogP contribution < -0.4 is 5.73 Å². The zero-order valence-corrected chi connectivity index (χ0v) is 13.6. The molecule has 1 aromatic carbocycles. The Morgan fingerprint density at radius 3 is 2.62 bits per heavy atom. The highest BCUT2D eigenvalue weighted by molar-refractivity contribution is 9.10. The molecule has 1 aromatic heterocycles. The number of carbonyl (C=O) groups is 1. The number of hydrogen-bond donors (Lipinski definition) is 1. The summed E-state index contributed by atoms with van der Waals surface area (Å²) >= 11 is 3.21. The molecule has 2 heterocycles. The van der Waals surface area contributed by atoms with Crippen LogP contribution in [0.5, 0.6) is 0 Å². The SMILES string of the molecule is Cl.N[C@@H]1CN(C(=O)c2coc(Br)c2)C[C@H]1c1ccccc1. The minimum atomic E-state index is -0.0340. The molecule has 1 aliphatic heterocycles. The molecule has 2 N–H and O–H groups in total. The van der Waals surface area contributed by atoms with E-state index in [0.29, 0.717) is 23.3 Å². The summed E-state index contributed by atoms with van der Waals surface area (Å²) in [7, 11) is 0. The van der Waals surface area contributed by atoms with Gasteiger partial charge in [-0.05, 0) is 21.5 Å². The van der Waals surface area contributed by atoms with Crippen molar-refractivity contribution in [1.82, 2.24) is 4.90 Å². The smallest absolute Gasteiger partial charge is 0.257 e. The average molecular weight is 372 g/mol. The van der Waals surface area contributed by atoms with Gasteiger partial charge in [-0.1, -0.05) is 30.3 Å². The van der Waals surface area contributed by atoms with Gasteiger partial charge >= 0.3 is 0 Å². The predicted molar refractivity (Wildman–Crippen MR) is 86.7 cm³/mol. The lowest BCUT2D eigenvalue weighted by Crippen LogP contribution is -2.32. The van der Waals surface area contributed by atoms with Crippen LogP contribution in [0.2, 0.25) is 0 Å². The first kappa shape index (κ1) is 16.1. The third kappa shape index (κ3) is 3.31. The Labute approximate surface area is 137 Å². The van der Waals surface area contributed by atoms with Gasteiger partial charge in [0.2, 0.25) is 0 Å². The molecule has 4 nitrogen and oxygen atoms in total. The van der Waals surface area contributed by atoms with Gasteiger partial charge in [-0.25, -0.2) is 0 Å². The fourth-order valence-electron chi connectivity index (χ4n) is 2.65. The standard InChI is InChI=1S/C15H15BrN2O2.ClH/c16-14-6-11(9-20-14)15(19)18-7-12(13(17)8-18)10-4-2-1-3-5-10;/h1-6,9,12-13H,7-8,17H2;1H/t12-,13+;/m0./s1. The Kier molecular flexibility index (Phi) is 5.08. The quantitative estimate of drug-likeness (QED) is 0.883. The highest BCUT2D eigenvalue weighted by atomic mass is 79.9. The molecule has 1 fully saturated rings. The van der Waals surface area contributed by atoms with Crippen molar-refractivity contribution in [2.45, 2.75) is 12.0 Å². The molecule has 3 rings (SSSR count). The molecule has 0 spiro atoms. The van der Waals surface area contributed by atoms with Crippen molar-refractivity contribution < 1.29 is 9.21 Å². The topological polar surface area (TPSA) is 59.5 Å². The first-order chi connectivity index (χ1) is 9.65. The zero-order valence-electron chi connectivity index (χ0n) is 11.2. The Morgan fingerprint density at radius 1 is 1.29 bits per heavy atom. The molecule has 0 aliphatic carbocycles. The van der Waals surface area contributed by atoms with E-state index >= 15 is 0 Å². The van der Waals surface area contributed by atoms with Crippen LogP contribution in [0, 0.1) is 0 Å². The van der Waals surface area contributed by atoms with Crippen LogP contribution in [0.3, 0.4) is 0 Å². The van der Waals surface area contributed by atoms with E-state index in [-0.39, 0.29) is 30.3 Å². The van der Waals surface area contributed by atoms with Gasteiger partial charge in [0.1, 0.15) is 6.26 Å². The normalized spacial score (nSPS) is 21.1. The van der Waals surface area contributed by atoms with Crippen molar-refractivity contribution in [2.75, 3.05) is 13.1 Å². The van der Waals surface area contributed by atoms with Gasteiger partial charge < -0.3 is 15.1 Å². The first-order valence-electron chi connectivity index (χ1n) is 6.49. The van der Waals surface area contributed by atoms with Crippen LogP contribution in [0.1, 0.15) is 21.8 Å². The predicted octanol–water partition coefficient (Wildman–Crippen LogP) is 3.03. The summed E-state index contributed by atoms with van der Waals surface area (Å²) in [5.74, 6) is 0.156. The van der Waals surface area contributed by atoms with Crippen LogP contribution in [0.25, 0.3) is 0 Å². The van der Waals surface area contributed by atoms with Gasteiger partial charge in [0.05, 0.1) is 5.56 Å². The van der Waals surface area contributed by atoms with Crippen LogP contribution >= 0.6 is 28.3 Å². The lowest BCUT2D eigenvalue weighted by Gasteiger charge is -2.15. The molecule has 0 bridgehead atoms. The molecule has 1 amide bonds. The number of hydrogen-bond acceptors (Lipinski definition) is 3. The van der Waals surface area contributed by atoms with Gasteiger partial charge in [0.15, 0.2) is 4.67 Å². The monoisotopic (exact) mass is 370 g/mol. The van der Waals surface area contributed by atoms with E-state index in [2.05, 4.69) is 28.1 Å². The number of furan rings is 1. The minimum absolute atomic E-state index is 0. The third-order valence-electron chi connectivity index (χ3n) is 3.69. The Morgan fingerprint density at radius 2 is 2.00 bits per heavy atom. The first-order valence-corrected chi connectivity index (χ1v) is 7.28. The molecule has 1 aliphatic rings. The second-order valence-electron chi connectivity index (χ2n) is 5.03. The van der Waals surface area contributed by atoms with Crippen molar-refractivity contribution in [2.24, 2.45) is 5.73 Å². The largest absolute Gasteiger partial charge is 0.457 e. The van der Waals surface area contributed by atoms with Gasteiger partial charge in [-0.15, -0.1) is 12.4 Å². The third-order valence-corrected chi connectivity index (χ3v) is 4.11. The Bertz CT molecular complexity index is 617. The zero-order chi connectivity index (χ0) is 14.1. The second-order valence-corrected chi connectivity index (χ2v) is 5.81. The molecule has 0 unspecified atom stereocenters. The number of benzene rings is 1. The summed E-state index contributed by atoms with van der Waals surface area (Å²) in [6.45, 7) is 1.22. The van der Waals surface area contributed by atoms with Crippen molar-refractivity contribution in [3.8, 4) is 0 Å². The molecular weight excluding hydrogens is 356 g/mol. The van der Waals surface area contributed by atoms with E-state index in [1.54, 1.807) is 11.0 Å². The van der Waals surface area contributed by atoms with Crippen LogP contribution in [0.4, 0.5) is 0 Å². The number of likely N-dealkylation sites (tertiary alicyclic amines) is 1. The molecule has 0 radical (unpaired) electrons. The Balaban J connectivity index is 0.00000161. The maximum absolute atomic E-state index is 12.4. The van der Waals surface area contributed by atoms with Crippen LogP contribution in [-0.2, 0) is 0 Å². The molecule has 1 saturated heterocycles. The number of rotatable bonds is 2. The molecule has 21 heavy (non-hydrogen) atoms. The lowest BCUT2D eigenvalue weighted by atomic mass is 9.95. The van der Waals surface area contributed by atoms with Gasteiger partial charge in [-0.2, -0.15) is 0 Å². The molecule has 0 saturated carbocycles. The lowest BCUT2D eigenvalue weighted by molar-refractivity contribution is 0.0788. The summed E-state index contributed by atoms with van der Waals surface area (Å²) in [4.78, 5) is 14.2. The van der Waals surface area contributed by atoms with E-state index in [9.17, 15) is 4.79 Å². The van der Waals surface area contributed by atoms with E-state index in [4.69, 9.17) is 10.2 Å². The highest BCUT2D eigenvalue weighted by Gasteiger charge is 2.34. The summed E-state index contributed by atoms with van der Waals surface area (Å²) in [6.07, 6.45) is 1.47. The van der Waals surface area contributed by atoms with Crippen molar-refractivity contribution in [1.29, 1.82) is 0 Å². The molecule has 112 valence electrons. The van der Waals surface area contributed by atoms with Gasteiger partial charge in [-0.3, -0.25) is 4.79 Å². The maximum atomic E-state index is 12.4. The van der Waals surface area contributed by atoms with Crippen molar-refractivity contribution in [3.63, 3.8) is 0 Å². The average Bonchev–Trinajstić information content (AvgIpc) is 3.05. The molecule has 6 heteroatoms. The van der Waals surface area contributed by atoms with E-state index < -0.39 is 0 Å². The summed E-state index contributed by atoms with van der Waals surface area (Å²) in [5.41, 5.74) is 7.93. The maximum Gasteiger partial charge on any atom is 0.257 e. The van der Waals surface area contributed by atoms with Gasteiger partial charge in [0.25, 0.3) is 5.91 Å². The number of amides is 1. The van der Waals surface area contributed by atoms with Crippen molar-refractivity contribution >= 4 is 34.2 Å². The van der Waals surface area contributed by atoms with Crippen molar-refractivity contribution in [3.05, 3.63) is 58.5 Å². The highest BCUT2D eigenvalue weighted by Crippen LogP contribution is 2.28. The number of nitrogens with zero attached hydrogens (tertiary/aromatic N) is 1. The minimum Gasteiger partial charge on any atom is -0.457 e. The number of nitrogens with two attached hydrogens (primary N) is 1. The van der Waals surface area contributed by atoms with E-state index in [0.717, 1.165) is 0 Å². The van der Waals surface area contributed by atoms with Gasteiger partial charge in [0, 0.05) is 31.1 Å². The second kappa shape index (κ2) is 6.64. The van der Waals surface area contributed by atoms with E-state index in [1.807, 2.05) is 18.2 Å². The number of carbonyl (C=O) groups excluding carboxylic acids is 1.